The number of nitrogens with two attached hydrogens (primary N) is 1. The Bertz CT molecular complexity index is 412. The van der Waals surface area contributed by atoms with E-state index in [9.17, 15) is 0 Å². The van der Waals surface area contributed by atoms with Crippen LogP contribution in [-0.4, -0.2) is 13.1 Å². The second kappa shape index (κ2) is 5.21. The van der Waals surface area contributed by atoms with Crippen molar-refractivity contribution < 1.29 is 0 Å². The van der Waals surface area contributed by atoms with Crippen LogP contribution in [0.3, 0.4) is 0 Å². The lowest BCUT2D eigenvalue weighted by Crippen LogP contribution is -2.35. The Morgan fingerprint density at radius 1 is 0.889 bits per heavy atom. The van der Waals surface area contributed by atoms with Crippen molar-refractivity contribution in [1.29, 1.82) is 0 Å². The van der Waals surface area contributed by atoms with Crippen LogP contribution in [0, 0.1) is 13.8 Å². The summed E-state index contributed by atoms with van der Waals surface area (Å²) in [5, 5.41) is 0. The Balaban J connectivity index is 0.000000574. The summed E-state index contributed by atoms with van der Waals surface area (Å²) < 4.78 is 0. The van der Waals surface area contributed by atoms with Crippen molar-refractivity contribution in [2.24, 2.45) is 0 Å². The number of hydrogen-bond acceptors (Lipinski definition) is 2. The Kier molecular flexibility index (Phi) is 3.84. The van der Waals surface area contributed by atoms with Gasteiger partial charge in [-0.05, 0) is 61.8 Å². The average Bonchev–Trinajstić information content (AvgIpc) is 2.44. The molecule has 0 bridgehead atoms. The summed E-state index contributed by atoms with van der Waals surface area (Å²) in [5.74, 6) is 0. The highest BCUT2D eigenvalue weighted by molar-refractivity contribution is 5.76. The van der Waals surface area contributed by atoms with E-state index in [4.69, 9.17) is 5.73 Å². The van der Waals surface area contributed by atoms with Gasteiger partial charge in [0.05, 0.1) is 0 Å². The second-order valence-electron chi connectivity index (χ2n) is 5.16. The largest absolute Gasteiger partial charge is 0.398 e. The quantitative estimate of drug-likeness (QED) is 0.709. The first kappa shape index (κ1) is 13.3. The van der Waals surface area contributed by atoms with Gasteiger partial charge in [-0.25, -0.2) is 0 Å². The molecule has 3 rings (SSSR count). The lowest BCUT2D eigenvalue weighted by Gasteiger charge is -2.39. The number of hydrogen-bond donors (Lipinski definition) is 1. The minimum atomic E-state index is 1.06. The van der Waals surface area contributed by atoms with Gasteiger partial charge in [0.1, 0.15) is 0 Å². The maximum absolute atomic E-state index is 6.29. The third-order valence-electron chi connectivity index (χ3n) is 4.34. The molecule has 2 N–H and O–H groups in total. The lowest BCUT2D eigenvalue weighted by atomic mass is 9.85. The Morgan fingerprint density at radius 2 is 1.44 bits per heavy atom. The molecule has 2 aliphatic rings. The van der Waals surface area contributed by atoms with E-state index in [1.807, 2.05) is 13.8 Å². The van der Waals surface area contributed by atoms with Crippen LogP contribution in [0.1, 0.15) is 48.9 Å². The standard InChI is InChI=1S/C14H20N2.C2H6/c1-9-10(2)13(15)12-6-4-8-16-7-3-5-11(9)14(12)16;1-2/h3-8,15H2,1-2H3;1-2H3. The Morgan fingerprint density at radius 3 is 2.06 bits per heavy atom. The molecule has 18 heavy (non-hydrogen) atoms. The van der Waals surface area contributed by atoms with Gasteiger partial charge in [-0.3, -0.25) is 0 Å². The molecular weight excluding hydrogens is 220 g/mol. The number of rotatable bonds is 0. The molecule has 0 saturated carbocycles. The van der Waals surface area contributed by atoms with E-state index in [1.165, 1.54) is 61.2 Å². The maximum Gasteiger partial charge on any atom is 0.0454 e. The summed E-state index contributed by atoms with van der Waals surface area (Å²) >= 11 is 0. The van der Waals surface area contributed by atoms with Gasteiger partial charge in [0.2, 0.25) is 0 Å². The summed E-state index contributed by atoms with van der Waals surface area (Å²) in [6.07, 6.45) is 4.98. The fourth-order valence-corrected chi connectivity index (χ4v) is 3.31. The highest BCUT2D eigenvalue weighted by Crippen LogP contribution is 2.42. The van der Waals surface area contributed by atoms with Crippen LogP contribution in [0.15, 0.2) is 0 Å². The zero-order chi connectivity index (χ0) is 13.3. The molecule has 0 saturated heterocycles. The minimum absolute atomic E-state index is 1.06. The van der Waals surface area contributed by atoms with Crippen molar-refractivity contribution in [1.82, 2.24) is 0 Å². The van der Waals surface area contributed by atoms with E-state index in [1.54, 1.807) is 5.56 Å². The molecule has 0 radical (unpaired) electrons. The van der Waals surface area contributed by atoms with Gasteiger partial charge in [0.15, 0.2) is 0 Å². The monoisotopic (exact) mass is 246 g/mol. The summed E-state index contributed by atoms with van der Waals surface area (Å²) in [7, 11) is 0. The SMILES string of the molecule is CC.Cc1c(C)c2c3c(c1N)CCCN3CCC2. The van der Waals surface area contributed by atoms with Gasteiger partial charge in [-0.1, -0.05) is 13.8 Å². The van der Waals surface area contributed by atoms with Crippen molar-refractivity contribution in [3.8, 4) is 0 Å². The molecule has 100 valence electrons. The molecule has 1 aromatic carbocycles. The third-order valence-corrected chi connectivity index (χ3v) is 4.34. The molecule has 0 amide bonds. The van der Waals surface area contributed by atoms with E-state index < -0.39 is 0 Å². The van der Waals surface area contributed by atoms with Crippen molar-refractivity contribution in [2.75, 3.05) is 23.7 Å². The molecule has 2 heteroatoms. The zero-order valence-electron chi connectivity index (χ0n) is 12.3. The van der Waals surface area contributed by atoms with E-state index in [0.29, 0.717) is 0 Å². The van der Waals surface area contributed by atoms with Crippen LogP contribution in [0.25, 0.3) is 0 Å². The van der Waals surface area contributed by atoms with Crippen LogP contribution in [0.2, 0.25) is 0 Å². The predicted molar refractivity (Wildman–Crippen MR) is 80.5 cm³/mol. The lowest BCUT2D eigenvalue weighted by molar-refractivity contribution is 0.632. The summed E-state index contributed by atoms with van der Waals surface area (Å²) in [6.45, 7) is 10.9. The van der Waals surface area contributed by atoms with Crippen LogP contribution >= 0.6 is 0 Å². The van der Waals surface area contributed by atoms with Gasteiger partial charge >= 0.3 is 0 Å². The molecule has 0 aromatic heterocycles. The van der Waals surface area contributed by atoms with E-state index in [2.05, 4.69) is 18.7 Å². The van der Waals surface area contributed by atoms with Crippen LogP contribution in [0.4, 0.5) is 11.4 Å². The van der Waals surface area contributed by atoms with Gasteiger partial charge in [0.25, 0.3) is 0 Å². The smallest absolute Gasteiger partial charge is 0.0454 e. The first-order valence-electron chi connectivity index (χ1n) is 7.35. The van der Waals surface area contributed by atoms with Crippen LogP contribution in [0.5, 0.6) is 0 Å². The van der Waals surface area contributed by atoms with Gasteiger partial charge in [-0.15, -0.1) is 0 Å². The predicted octanol–water partition coefficient (Wildman–Crippen LogP) is 3.61. The fraction of sp³-hybridized carbons (Fsp3) is 0.625. The van der Waals surface area contributed by atoms with E-state index in [0.717, 1.165) is 5.69 Å². The maximum atomic E-state index is 6.29. The minimum Gasteiger partial charge on any atom is -0.398 e. The van der Waals surface area contributed by atoms with Crippen LogP contribution in [-0.2, 0) is 12.8 Å². The molecule has 2 aliphatic heterocycles. The summed E-state index contributed by atoms with van der Waals surface area (Å²) in [6, 6.07) is 0. The van der Waals surface area contributed by atoms with Crippen molar-refractivity contribution in [2.45, 2.75) is 53.4 Å². The highest BCUT2D eigenvalue weighted by atomic mass is 15.1. The van der Waals surface area contributed by atoms with E-state index in [-0.39, 0.29) is 0 Å². The number of benzene rings is 1. The van der Waals surface area contributed by atoms with Crippen molar-refractivity contribution in [3.63, 3.8) is 0 Å². The number of nitrogen functional groups attached to an aromatic ring is 1. The fourth-order valence-electron chi connectivity index (χ4n) is 3.31. The normalized spacial score (nSPS) is 16.8. The molecular formula is C16H26N2. The average molecular weight is 246 g/mol. The molecule has 0 atom stereocenters. The summed E-state index contributed by atoms with van der Waals surface area (Å²) in [5.41, 5.74) is 14.6. The number of nitrogens with zero attached hydrogens (tertiary/aromatic N) is 1. The molecule has 2 heterocycles. The highest BCUT2D eigenvalue weighted by Gasteiger charge is 2.27. The van der Waals surface area contributed by atoms with Crippen LogP contribution < -0.4 is 10.6 Å². The third kappa shape index (κ3) is 1.88. The molecule has 0 aliphatic carbocycles. The first-order chi connectivity index (χ1) is 8.70. The molecule has 2 nitrogen and oxygen atoms in total. The van der Waals surface area contributed by atoms with Gasteiger partial charge in [0, 0.05) is 24.5 Å². The van der Waals surface area contributed by atoms with Crippen molar-refractivity contribution in [3.05, 3.63) is 22.3 Å². The number of anilines is 2. The zero-order valence-corrected chi connectivity index (χ0v) is 12.3. The Hall–Kier alpha value is -1.18. The van der Waals surface area contributed by atoms with Gasteiger partial charge < -0.3 is 10.6 Å². The molecule has 0 spiro atoms. The topological polar surface area (TPSA) is 29.3 Å². The molecule has 1 aromatic rings. The molecule has 0 fully saturated rings. The summed E-state index contributed by atoms with van der Waals surface area (Å²) in [4.78, 5) is 2.56. The Labute approximate surface area is 111 Å². The van der Waals surface area contributed by atoms with Gasteiger partial charge in [-0.2, -0.15) is 0 Å². The van der Waals surface area contributed by atoms with Crippen molar-refractivity contribution >= 4 is 11.4 Å². The second-order valence-corrected chi connectivity index (χ2v) is 5.16. The first-order valence-corrected chi connectivity index (χ1v) is 7.35. The van der Waals surface area contributed by atoms with E-state index >= 15 is 0 Å². The molecule has 0 unspecified atom stereocenters.